The molecule has 0 bridgehead atoms. The number of hydrogen-bond acceptors (Lipinski definition) is 3. The smallest absolute Gasteiger partial charge is 0.125 e. The molecule has 18 heavy (non-hydrogen) atoms. The average Bonchev–Trinajstić information content (AvgIpc) is 2.59. The highest BCUT2D eigenvalue weighted by atomic mass is 35.5. The number of rotatable bonds is 3. The van der Waals surface area contributed by atoms with E-state index in [2.05, 4.69) is 5.10 Å². The molecule has 1 aromatic heterocycles. The summed E-state index contributed by atoms with van der Waals surface area (Å²) < 4.78 is 7.19. The average molecular weight is 266 g/mol. The number of benzene rings is 1. The lowest BCUT2D eigenvalue weighted by Crippen LogP contribution is -2.06. The summed E-state index contributed by atoms with van der Waals surface area (Å²) in [4.78, 5) is 0. The number of methoxy groups -OCH3 is 1. The minimum atomic E-state index is 0.614. The van der Waals surface area contributed by atoms with Gasteiger partial charge in [-0.2, -0.15) is 5.10 Å². The van der Waals surface area contributed by atoms with E-state index in [1.807, 2.05) is 36.7 Å². The SMILES string of the molecule is COc1cc(N)ccc1Cn1nc(C)c(Cl)c1C. The van der Waals surface area contributed by atoms with Crippen LogP contribution < -0.4 is 10.5 Å². The first-order valence-corrected chi connectivity index (χ1v) is 6.02. The molecule has 0 aliphatic rings. The predicted molar refractivity (Wildman–Crippen MR) is 73.2 cm³/mol. The highest BCUT2D eigenvalue weighted by Gasteiger charge is 2.11. The Kier molecular flexibility index (Phi) is 3.48. The first-order chi connectivity index (χ1) is 8.52. The molecule has 0 radical (unpaired) electrons. The van der Waals surface area contributed by atoms with Gasteiger partial charge in [0.2, 0.25) is 0 Å². The van der Waals surface area contributed by atoms with E-state index in [0.717, 1.165) is 22.7 Å². The molecule has 5 heteroatoms. The van der Waals surface area contributed by atoms with Crippen molar-refractivity contribution in [1.82, 2.24) is 9.78 Å². The summed E-state index contributed by atoms with van der Waals surface area (Å²) in [7, 11) is 1.63. The predicted octanol–water partition coefficient (Wildman–Crippen LogP) is 2.79. The van der Waals surface area contributed by atoms with Gasteiger partial charge in [-0.25, -0.2) is 0 Å². The number of nitrogen functional groups attached to an aromatic ring is 1. The van der Waals surface area contributed by atoms with Gasteiger partial charge in [0.1, 0.15) is 5.75 Å². The lowest BCUT2D eigenvalue weighted by Gasteiger charge is -2.10. The molecule has 2 N–H and O–H groups in total. The summed E-state index contributed by atoms with van der Waals surface area (Å²) in [5.41, 5.74) is 9.22. The van der Waals surface area contributed by atoms with E-state index in [1.165, 1.54) is 0 Å². The molecule has 0 amide bonds. The molecule has 0 saturated carbocycles. The van der Waals surface area contributed by atoms with E-state index in [0.29, 0.717) is 17.3 Å². The third-order valence-corrected chi connectivity index (χ3v) is 3.47. The van der Waals surface area contributed by atoms with Gasteiger partial charge in [-0.15, -0.1) is 0 Å². The summed E-state index contributed by atoms with van der Waals surface area (Å²) in [5.74, 6) is 0.763. The number of nitrogens with two attached hydrogens (primary N) is 1. The van der Waals surface area contributed by atoms with Crippen molar-refractivity contribution >= 4 is 17.3 Å². The summed E-state index contributed by atoms with van der Waals surface area (Å²) in [6, 6.07) is 5.60. The number of halogens is 1. The van der Waals surface area contributed by atoms with Gasteiger partial charge >= 0.3 is 0 Å². The molecule has 0 unspecified atom stereocenters. The minimum absolute atomic E-state index is 0.614. The summed E-state index contributed by atoms with van der Waals surface area (Å²) in [6.45, 7) is 4.46. The number of hydrogen-bond donors (Lipinski definition) is 1. The summed E-state index contributed by atoms with van der Waals surface area (Å²) in [6.07, 6.45) is 0. The van der Waals surface area contributed by atoms with Gasteiger partial charge in [0.05, 0.1) is 30.1 Å². The van der Waals surface area contributed by atoms with Crippen LogP contribution >= 0.6 is 11.6 Å². The molecule has 1 aromatic carbocycles. The van der Waals surface area contributed by atoms with E-state index in [-0.39, 0.29) is 0 Å². The first-order valence-electron chi connectivity index (χ1n) is 5.65. The van der Waals surface area contributed by atoms with Gasteiger partial charge in [0, 0.05) is 17.3 Å². The third-order valence-electron chi connectivity index (χ3n) is 2.92. The molecule has 0 atom stereocenters. The Morgan fingerprint density at radius 3 is 2.67 bits per heavy atom. The van der Waals surface area contributed by atoms with Crippen molar-refractivity contribution in [3.63, 3.8) is 0 Å². The van der Waals surface area contributed by atoms with Crippen molar-refractivity contribution in [2.45, 2.75) is 20.4 Å². The van der Waals surface area contributed by atoms with Crippen LogP contribution in [0.2, 0.25) is 5.02 Å². The molecule has 0 fully saturated rings. The molecule has 0 spiro atoms. The fraction of sp³-hybridized carbons (Fsp3) is 0.308. The standard InChI is InChI=1S/C13H16ClN3O/c1-8-13(14)9(2)17(16-8)7-10-4-5-11(15)6-12(10)18-3/h4-6H,7,15H2,1-3H3. The Labute approximate surface area is 111 Å². The molecule has 1 heterocycles. The van der Waals surface area contributed by atoms with Crippen molar-refractivity contribution < 1.29 is 4.74 Å². The van der Waals surface area contributed by atoms with Crippen LogP contribution in [0.3, 0.4) is 0 Å². The van der Waals surface area contributed by atoms with Crippen LogP contribution in [0.4, 0.5) is 5.69 Å². The normalized spacial score (nSPS) is 10.7. The Morgan fingerprint density at radius 2 is 2.11 bits per heavy atom. The maximum Gasteiger partial charge on any atom is 0.125 e. The molecule has 96 valence electrons. The second kappa shape index (κ2) is 4.90. The van der Waals surface area contributed by atoms with Crippen LogP contribution in [0.1, 0.15) is 17.0 Å². The Bertz CT molecular complexity index is 578. The van der Waals surface area contributed by atoms with E-state index < -0.39 is 0 Å². The fourth-order valence-corrected chi connectivity index (χ4v) is 2.02. The van der Waals surface area contributed by atoms with Crippen LogP contribution in [0.5, 0.6) is 5.75 Å². The van der Waals surface area contributed by atoms with Gasteiger partial charge < -0.3 is 10.5 Å². The maximum atomic E-state index is 6.13. The van der Waals surface area contributed by atoms with E-state index >= 15 is 0 Å². The molecule has 2 rings (SSSR count). The quantitative estimate of drug-likeness (QED) is 0.869. The second-order valence-electron chi connectivity index (χ2n) is 4.21. The van der Waals surface area contributed by atoms with Gasteiger partial charge in [-0.05, 0) is 19.9 Å². The number of aryl methyl sites for hydroxylation is 1. The fourth-order valence-electron chi connectivity index (χ4n) is 1.88. The monoisotopic (exact) mass is 265 g/mol. The van der Waals surface area contributed by atoms with Crippen molar-refractivity contribution in [2.24, 2.45) is 0 Å². The van der Waals surface area contributed by atoms with Gasteiger partial charge in [0.15, 0.2) is 0 Å². The first kappa shape index (κ1) is 12.8. The van der Waals surface area contributed by atoms with Gasteiger partial charge in [-0.3, -0.25) is 4.68 Å². The van der Waals surface area contributed by atoms with Gasteiger partial charge in [-0.1, -0.05) is 17.7 Å². The number of aromatic nitrogens is 2. The van der Waals surface area contributed by atoms with Crippen molar-refractivity contribution in [3.05, 3.63) is 40.2 Å². The maximum absolute atomic E-state index is 6.13. The molecule has 0 aliphatic carbocycles. The van der Waals surface area contributed by atoms with Crippen molar-refractivity contribution in [1.29, 1.82) is 0 Å². The number of nitrogens with zero attached hydrogens (tertiary/aromatic N) is 2. The molecule has 4 nitrogen and oxygen atoms in total. The highest BCUT2D eigenvalue weighted by Crippen LogP contribution is 2.25. The molecular formula is C13H16ClN3O. The van der Waals surface area contributed by atoms with E-state index in [4.69, 9.17) is 22.1 Å². The Balaban J connectivity index is 2.36. The Morgan fingerprint density at radius 1 is 1.39 bits per heavy atom. The zero-order valence-corrected chi connectivity index (χ0v) is 11.5. The molecule has 0 saturated heterocycles. The van der Waals surface area contributed by atoms with Crippen LogP contribution in [-0.2, 0) is 6.54 Å². The van der Waals surface area contributed by atoms with Crippen LogP contribution in [0.15, 0.2) is 18.2 Å². The molecule has 2 aromatic rings. The molecular weight excluding hydrogens is 250 g/mol. The second-order valence-corrected chi connectivity index (χ2v) is 4.59. The third kappa shape index (κ3) is 2.29. The minimum Gasteiger partial charge on any atom is -0.496 e. The lowest BCUT2D eigenvalue weighted by atomic mass is 10.2. The van der Waals surface area contributed by atoms with E-state index in [1.54, 1.807) is 7.11 Å². The topological polar surface area (TPSA) is 53.1 Å². The number of ether oxygens (including phenoxy) is 1. The summed E-state index contributed by atoms with van der Waals surface area (Å²) in [5, 5.41) is 5.11. The highest BCUT2D eigenvalue weighted by molar-refractivity contribution is 6.31. The van der Waals surface area contributed by atoms with Crippen molar-refractivity contribution in [2.75, 3.05) is 12.8 Å². The van der Waals surface area contributed by atoms with Gasteiger partial charge in [0.25, 0.3) is 0 Å². The number of anilines is 1. The zero-order chi connectivity index (χ0) is 13.3. The Hall–Kier alpha value is -1.68. The van der Waals surface area contributed by atoms with Crippen LogP contribution in [-0.4, -0.2) is 16.9 Å². The van der Waals surface area contributed by atoms with E-state index in [9.17, 15) is 0 Å². The van der Waals surface area contributed by atoms with Crippen molar-refractivity contribution in [3.8, 4) is 5.75 Å². The van der Waals surface area contributed by atoms with Crippen LogP contribution in [0.25, 0.3) is 0 Å². The largest absolute Gasteiger partial charge is 0.496 e. The zero-order valence-electron chi connectivity index (χ0n) is 10.7. The van der Waals surface area contributed by atoms with Crippen LogP contribution in [0, 0.1) is 13.8 Å². The molecule has 0 aliphatic heterocycles. The summed E-state index contributed by atoms with van der Waals surface area (Å²) >= 11 is 6.13. The lowest BCUT2D eigenvalue weighted by molar-refractivity contribution is 0.407.